The number of hydrogen-bond donors (Lipinski definition) is 0. The topological polar surface area (TPSA) is 18.6 Å². The first-order valence-corrected chi connectivity index (χ1v) is 25.6. The molecule has 0 saturated heterocycles. The highest BCUT2D eigenvalue weighted by Gasteiger charge is 2.40. The summed E-state index contributed by atoms with van der Waals surface area (Å²) in [5, 5.41) is 0.107. The molecule has 0 saturated carbocycles. The van der Waals surface area contributed by atoms with Crippen LogP contribution in [0, 0.1) is 33.9 Å². The highest BCUT2D eigenvalue weighted by molar-refractivity contribution is 6.14. The Kier molecular flexibility index (Phi) is 13.7. The van der Waals surface area contributed by atoms with Gasteiger partial charge in [0.2, 0.25) is 0 Å². The maximum absolute atomic E-state index is 15.4. The Labute approximate surface area is 480 Å². The molecule has 2 heterocycles. The SMILES string of the molecule is [C-]#[N+]c1cc(-n2c3cc(-c4cc(C)cc(C(F)(F)F)c4)ccc3c3ccc(-c4cc(C(F)(F)F)cc(C(F)(F)F)c4)cc32)c(-n2c3cc(-c4cc(C)cc(C(F)(F)F)c4)ccc3c3cc(C(F)(F)F)cc(C)c32)cc1-c1c([N+]#[C-])cccc1C(F)(F)F. The van der Waals surface area contributed by atoms with Crippen LogP contribution >= 0.6 is 0 Å². The van der Waals surface area contributed by atoms with Gasteiger partial charge < -0.3 is 9.13 Å². The molecule has 0 N–H and O–H groups in total. The third-order valence-electron chi connectivity index (χ3n) is 15.0. The number of nitrogens with zero attached hydrogens (tertiary/aromatic N) is 4. The summed E-state index contributed by atoms with van der Waals surface area (Å²) >= 11 is 0. The lowest BCUT2D eigenvalue weighted by molar-refractivity contribution is -0.143. The van der Waals surface area contributed by atoms with Gasteiger partial charge in [0.15, 0.2) is 11.4 Å². The van der Waals surface area contributed by atoms with Crippen LogP contribution < -0.4 is 0 Å². The van der Waals surface area contributed by atoms with Gasteiger partial charge in [0.05, 0.1) is 80.0 Å². The van der Waals surface area contributed by atoms with E-state index in [1.54, 1.807) is 0 Å². The van der Waals surface area contributed by atoms with Crippen molar-refractivity contribution >= 4 is 55.0 Å². The third kappa shape index (κ3) is 10.6. The first-order valence-electron chi connectivity index (χ1n) is 25.6. The van der Waals surface area contributed by atoms with Gasteiger partial charge in [0.1, 0.15) is 0 Å². The molecule has 0 aliphatic rings. The molecule has 11 rings (SSSR count). The molecular formula is C65H34F18N4. The van der Waals surface area contributed by atoms with E-state index in [9.17, 15) is 65.9 Å². The molecule has 0 bridgehead atoms. The highest BCUT2D eigenvalue weighted by Crippen LogP contribution is 2.51. The standard InChI is InChI=1S/C65H34F18N4/c1-31-15-37(20-40(17-31)60(66,67)68)34-9-12-45-46-13-10-36(39-22-43(63(75,76)77)27-44(23-39)64(78,79)80)25-54(46)86(53(45)24-34)57-30-52(85-5)49(58-50(65(81,82)83)7-6-8-51(58)84-4)29-56(57)87-55-26-35(38-16-32(2)18-41(21-38)61(69,70)71)11-14-47(55)48-28-42(62(72,73)74)19-33(3)59(48)87/h6-30H,1-3H3. The fraction of sp³-hybridized carbons (Fsp3) is 0.138. The van der Waals surface area contributed by atoms with Crippen LogP contribution in [0.4, 0.5) is 90.4 Å². The van der Waals surface area contributed by atoms with Gasteiger partial charge in [-0.2, -0.15) is 79.0 Å². The molecule has 0 atom stereocenters. The predicted octanol–water partition coefficient (Wildman–Crippen LogP) is 22.7. The van der Waals surface area contributed by atoms with E-state index < -0.39 is 98.5 Å². The third-order valence-corrected chi connectivity index (χ3v) is 15.0. The normalized spacial score (nSPS) is 12.9. The first kappa shape index (κ1) is 59.0. The Morgan fingerprint density at radius 3 is 1.15 bits per heavy atom. The molecule has 0 spiro atoms. The van der Waals surface area contributed by atoms with E-state index in [1.807, 2.05) is 0 Å². The fourth-order valence-corrected chi connectivity index (χ4v) is 11.3. The molecule has 0 unspecified atom stereocenters. The van der Waals surface area contributed by atoms with Crippen molar-refractivity contribution in [2.24, 2.45) is 0 Å². The van der Waals surface area contributed by atoms with E-state index in [0.29, 0.717) is 18.2 Å². The maximum atomic E-state index is 15.4. The number of aryl methyl sites for hydroxylation is 3. The molecule has 9 aromatic carbocycles. The molecule has 11 aromatic rings. The van der Waals surface area contributed by atoms with Gasteiger partial charge in [0.25, 0.3) is 0 Å². The van der Waals surface area contributed by atoms with E-state index >= 15 is 13.2 Å². The van der Waals surface area contributed by atoms with E-state index in [1.165, 1.54) is 90.6 Å². The van der Waals surface area contributed by atoms with Crippen LogP contribution in [0.3, 0.4) is 0 Å². The molecule has 0 radical (unpaired) electrons. The number of rotatable bonds is 6. The summed E-state index contributed by atoms with van der Waals surface area (Å²) in [4.78, 5) is 6.98. The minimum Gasteiger partial charge on any atom is -0.308 e. The molecule has 0 amide bonds. The number of halogens is 18. The lowest BCUT2D eigenvalue weighted by Crippen LogP contribution is -2.11. The van der Waals surface area contributed by atoms with Crippen LogP contribution in [0.5, 0.6) is 0 Å². The summed E-state index contributed by atoms with van der Waals surface area (Å²) in [6.45, 7) is 20.6. The number of hydrogen-bond acceptors (Lipinski definition) is 0. The van der Waals surface area contributed by atoms with E-state index in [-0.39, 0.29) is 106 Å². The zero-order chi connectivity index (χ0) is 63.0. The van der Waals surface area contributed by atoms with Gasteiger partial charge in [-0.1, -0.05) is 66.7 Å². The Morgan fingerprint density at radius 1 is 0.333 bits per heavy atom. The van der Waals surface area contributed by atoms with Gasteiger partial charge in [0, 0.05) is 21.5 Å². The number of alkyl halides is 18. The van der Waals surface area contributed by atoms with Crippen LogP contribution in [0.15, 0.2) is 152 Å². The van der Waals surface area contributed by atoms with Crippen molar-refractivity contribution < 1.29 is 79.0 Å². The molecule has 0 fully saturated rings. The average molecular weight is 1210 g/mol. The Balaban J connectivity index is 1.37. The van der Waals surface area contributed by atoms with Crippen molar-refractivity contribution in [3.8, 4) is 55.9 Å². The Bertz CT molecular complexity index is 4750. The number of aromatic nitrogens is 2. The Morgan fingerprint density at radius 2 is 0.724 bits per heavy atom. The summed E-state index contributed by atoms with van der Waals surface area (Å²) in [7, 11) is 0. The average Bonchev–Trinajstić information content (AvgIpc) is 1.63. The van der Waals surface area contributed by atoms with Crippen molar-refractivity contribution in [2.45, 2.75) is 57.8 Å². The largest absolute Gasteiger partial charge is 0.416 e. The van der Waals surface area contributed by atoms with Crippen molar-refractivity contribution in [1.82, 2.24) is 9.13 Å². The minimum absolute atomic E-state index is 0.0218. The molecule has 0 aliphatic carbocycles. The van der Waals surface area contributed by atoms with Crippen LogP contribution in [0.2, 0.25) is 0 Å². The van der Waals surface area contributed by atoms with Crippen molar-refractivity contribution in [1.29, 1.82) is 0 Å². The molecular weight excluding hydrogens is 1180 g/mol. The molecule has 4 nitrogen and oxygen atoms in total. The summed E-state index contributed by atoms with van der Waals surface area (Å²) in [5.41, 5.74) is -12.9. The van der Waals surface area contributed by atoms with Crippen LogP contribution in [-0.4, -0.2) is 9.13 Å². The minimum atomic E-state index is -5.33. The summed E-state index contributed by atoms with van der Waals surface area (Å²) < 4.78 is 267. The Hall–Kier alpha value is -9.70. The van der Waals surface area contributed by atoms with Crippen LogP contribution in [-0.2, 0) is 37.1 Å². The van der Waals surface area contributed by atoms with E-state index in [0.717, 1.165) is 66.7 Å². The molecule has 440 valence electrons. The van der Waals surface area contributed by atoms with E-state index in [2.05, 4.69) is 9.69 Å². The summed E-state index contributed by atoms with van der Waals surface area (Å²) in [6.07, 6.45) is -30.7. The fourth-order valence-electron chi connectivity index (χ4n) is 11.3. The van der Waals surface area contributed by atoms with E-state index in [4.69, 9.17) is 13.1 Å². The monoisotopic (exact) mass is 1210 g/mol. The summed E-state index contributed by atoms with van der Waals surface area (Å²) in [5.74, 6) is 0. The second kappa shape index (κ2) is 20.2. The molecule has 22 heteroatoms. The zero-order valence-electron chi connectivity index (χ0n) is 44.5. The van der Waals surface area contributed by atoms with Crippen LogP contribution in [0.1, 0.15) is 50.1 Å². The summed E-state index contributed by atoms with van der Waals surface area (Å²) in [6, 6.07) is 24.9. The van der Waals surface area contributed by atoms with Crippen LogP contribution in [0.25, 0.3) is 109 Å². The molecule has 87 heavy (non-hydrogen) atoms. The number of benzene rings is 9. The lowest BCUT2D eigenvalue weighted by Gasteiger charge is -2.22. The first-order chi connectivity index (χ1) is 40.5. The van der Waals surface area contributed by atoms with Gasteiger partial charge in [-0.3, -0.25) is 0 Å². The van der Waals surface area contributed by atoms with Crippen molar-refractivity contribution in [3.63, 3.8) is 0 Å². The zero-order valence-corrected chi connectivity index (χ0v) is 44.5. The quantitative estimate of drug-likeness (QED) is 0.117. The molecule has 2 aromatic heterocycles. The van der Waals surface area contributed by atoms with Gasteiger partial charge >= 0.3 is 37.1 Å². The second-order valence-corrected chi connectivity index (χ2v) is 20.8. The lowest BCUT2D eigenvalue weighted by atomic mass is 9.94. The highest BCUT2D eigenvalue weighted by atomic mass is 19.4. The predicted molar refractivity (Wildman–Crippen MR) is 294 cm³/mol. The van der Waals surface area contributed by atoms with Crippen molar-refractivity contribution in [2.75, 3.05) is 0 Å². The van der Waals surface area contributed by atoms with Crippen molar-refractivity contribution in [3.05, 3.63) is 225 Å². The smallest absolute Gasteiger partial charge is 0.308 e. The second-order valence-electron chi connectivity index (χ2n) is 20.8. The molecule has 0 aliphatic heterocycles. The van der Waals surface area contributed by atoms with Gasteiger partial charge in [-0.15, -0.1) is 0 Å². The van der Waals surface area contributed by atoms with Gasteiger partial charge in [-0.25, -0.2) is 9.69 Å². The number of fused-ring (bicyclic) bond motifs is 6. The van der Waals surface area contributed by atoms with Gasteiger partial charge in [-0.05, 0) is 167 Å². The maximum Gasteiger partial charge on any atom is 0.416 e.